The highest BCUT2D eigenvalue weighted by atomic mass is 16.5. The third-order valence-electron chi connectivity index (χ3n) is 0.453. The second kappa shape index (κ2) is 15.7. The summed E-state index contributed by atoms with van der Waals surface area (Å²) in [7, 11) is 0. The third kappa shape index (κ3) is 15.7. The Labute approximate surface area is 64.9 Å². The summed E-state index contributed by atoms with van der Waals surface area (Å²) >= 11 is 0. The van der Waals surface area contributed by atoms with Crippen LogP contribution in [0, 0.1) is 0 Å². The minimum absolute atomic E-state index is 0. The molecule has 0 bridgehead atoms. The number of carbonyl (C=O) groups is 1. The first-order chi connectivity index (χ1) is 3.31. The summed E-state index contributed by atoms with van der Waals surface area (Å²) in [6.07, 6.45) is 1.14. The van der Waals surface area contributed by atoms with Crippen LogP contribution in [0.5, 0.6) is 0 Å². The fraction of sp³-hybridized carbons (Fsp3) is 0.625. The van der Waals surface area contributed by atoms with Crippen LogP contribution in [0.15, 0.2) is 12.7 Å². The van der Waals surface area contributed by atoms with E-state index >= 15 is 0 Å². The second-order valence-corrected chi connectivity index (χ2v) is 0.956. The summed E-state index contributed by atoms with van der Waals surface area (Å²) in [5.74, 6) is -0.359. The molecule has 0 N–H and O–H groups in total. The number of hydrogen-bond acceptors (Lipinski definition) is 2. The number of rotatable bonds is 2. The summed E-state index contributed by atoms with van der Waals surface area (Å²) in [5.41, 5.74) is 0. The Morgan fingerprint density at radius 3 is 2.00 bits per heavy atom. The van der Waals surface area contributed by atoms with Gasteiger partial charge in [0, 0.05) is 6.08 Å². The molecule has 0 aromatic heterocycles. The predicted molar refractivity (Wildman–Crippen MR) is 47.0 cm³/mol. The van der Waals surface area contributed by atoms with Crippen LogP contribution in [0.25, 0.3) is 0 Å². The van der Waals surface area contributed by atoms with Gasteiger partial charge in [0.2, 0.25) is 0 Å². The van der Waals surface area contributed by atoms with Crippen molar-refractivity contribution in [3.05, 3.63) is 12.7 Å². The fourth-order valence-corrected chi connectivity index (χ4v) is 0.201. The van der Waals surface area contributed by atoms with Crippen LogP contribution in [-0.4, -0.2) is 12.6 Å². The van der Waals surface area contributed by atoms with Crippen LogP contribution in [0.4, 0.5) is 0 Å². The van der Waals surface area contributed by atoms with E-state index in [1.54, 1.807) is 6.92 Å². The second-order valence-electron chi connectivity index (χ2n) is 0.956. The molecule has 0 heterocycles. The van der Waals surface area contributed by atoms with E-state index in [-0.39, 0.29) is 28.2 Å². The number of carbonyl (C=O) groups excluding carboxylic acids is 1. The Hall–Kier alpha value is -0.790. The van der Waals surface area contributed by atoms with Gasteiger partial charge in [-0.15, -0.1) is 0 Å². The van der Waals surface area contributed by atoms with Crippen molar-refractivity contribution in [2.75, 3.05) is 6.61 Å². The maximum atomic E-state index is 10.1. The molecule has 0 fully saturated rings. The van der Waals surface area contributed by atoms with Crippen LogP contribution in [0.1, 0.15) is 29.2 Å². The molecule has 0 spiro atoms. The molecule has 0 aliphatic carbocycles. The minimum Gasteiger partial charge on any atom is -0.463 e. The van der Waals surface area contributed by atoms with Crippen LogP contribution in [0.3, 0.4) is 0 Å². The lowest BCUT2D eigenvalue weighted by Crippen LogP contribution is -1.97. The van der Waals surface area contributed by atoms with Gasteiger partial charge in [-0.05, 0) is 6.92 Å². The van der Waals surface area contributed by atoms with Gasteiger partial charge in [0.15, 0.2) is 0 Å². The van der Waals surface area contributed by atoms with E-state index in [0.29, 0.717) is 6.61 Å². The molecule has 0 rings (SSSR count). The van der Waals surface area contributed by atoms with Gasteiger partial charge < -0.3 is 4.74 Å². The molecule has 2 nitrogen and oxygen atoms in total. The van der Waals surface area contributed by atoms with Crippen molar-refractivity contribution >= 4 is 5.97 Å². The summed E-state index contributed by atoms with van der Waals surface area (Å²) < 4.78 is 4.43. The molecule has 0 atom stereocenters. The van der Waals surface area contributed by atoms with Crippen molar-refractivity contribution in [1.29, 1.82) is 0 Å². The van der Waals surface area contributed by atoms with Crippen molar-refractivity contribution < 1.29 is 9.53 Å². The highest BCUT2D eigenvalue weighted by Gasteiger charge is 1.86. The zero-order valence-corrected chi connectivity index (χ0v) is 4.31. The van der Waals surface area contributed by atoms with Crippen molar-refractivity contribution in [1.82, 2.24) is 0 Å². The summed E-state index contributed by atoms with van der Waals surface area (Å²) in [6.45, 7) is 5.38. The normalized spacial score (nSPS) is 5.30. The lowest BCUT2D eigenvalue weighted by Gasteiger charge is -1.90. The molecule has 0 aliphatic heterocycles. The van der Waals surface area contributed by atoms with E-state index in [1.165, 1.54) is 0 Å². The monoisotopic (exact) mass is 148 g/mol. The van der Waals surface area contributed by atoms with Crippen LogP contribution < -0.4 is 0 Å². The summed E-state index contributed by atoms with van der Waals surface area (Å²) in [6, 6.07) is 0. The SMILES string of the molecule is C.C.C.C=CC(=O)OCC. The van der Waals surface area contributed by atoms with Gasteiger partial charge in [0.05, 0.1) is 6.61 Å². The lowest BCUT2D eigenvalue weighted by atomic mass is 10.6. The Morgan fingerprint density at radius 2 is 1.90 bits per heavy atom. The zero-order chi connectivity index (χ0) is 5.70. The Bertz CT molecular complexity index is 77.3. The van der Waals surface area contributed by atoms with E-state index in [0.717, 1.165) is 6.08 Å². The van der Waals surface area contributed by atoms with Crippen LogP contribution >= 0.6 is 0 Å². The largest absolute Gasteiger partial charge is 0.463 e. The van der Waals surface area contributed by atoms with Gasteiger partial charge in [0.25, 0.3) is 0 Å². The molecule has 0 radical (unpaired) electrons. The molecule has 0 saturated heterocycles. The molecule has 0 aliphatic rings. The molecule has 0 amide bonds. The molecule has 0 aromatic rings. The maximum Gasteiger partial charge on any atom is 0.330 e. The van der Waals surface area contributed by atoms with E-state index in [2.05, 4.69) is 11.3 Å². The number of esters is 1. The predicted octanol–water partition coefficient (Wildman–Crippen LogP) is 2.64. The quantitative estimate of drug-likeness (QED) is 0.444. The van der Waals surface area contributed by atoms with Gasteiger partial charge >= 0.3 is 5.97 Å². The topological polar surface area (TPSA) is 26.3 Å². The van der Waals surface area contributed by atoms with E-state index in [4.69, 9.17) is 0 Å². The average Bonchev–Trinajstić information content (AvgIpc) is 1.68. The van der Waals surface area contributed by atoms with E-state index in [9.17, 15) is 4.79 Å². The average molecular weight is 148 g/mol. The van der Waals surface area contributed by atoms with Gasteiger partial charge in [0.1, 0.15) is 0 Å². The molecular formula is C8H20O2. The highest BCUT2D eigenvalue weighted by molar-refractivity contribution is 5.81. The fourth-order valence-electron chi connectivity index (χ4n) is 0.201. The highest BCUT2D eigenvalue weighted by Crippen LogP contribution is 1.74. The standard InChI is InChI=1S/C5H8O2.3CH4/c1-3-5(6)7-4-2;;;/h3H,1,4H2,2H3;3*1H4. The van der Waals surface area contributed by atoms with Crippen molar-refractivity contribution in [3.63, 3.8) is 0 Å². The van der Waals surface area contributed by atoms with Crippen molar-refractivity contribution in [2.45, 2.75) is 29.2 Å². The van der Waals surface area contributed by atoms with Gasteiger partial charge in [-0.2, -0.15) is 0 Å². The van der Waals surface area contributed by atoms with Crippen LogP contribution in [0.2, 0.25) is 0 Å². The Kier molecular flexibility index (Phi) is 36.0. The number of hydrogen-bond donors (Lipinski definition) is 0. The Morgan fingerprint density at radius 1 is 1.50 bits per heavy atom. The van der Waals surface area contributed by atoms with Crippen molar-refractivity contribution in [2.24, 2.45) is 0 Å². The van der Waals surface area contributed by atoms with E-state index < -0.39 is 0 Å². The van der Waals surface area contributed by atoms with Crippen molar-refractivity contribution in [3.8, 4) is 0 Å². The lowest BCUT2D eigenvalue weighted by molar-refractivity contribution is -0.137. The van der Waals surface area contributed by atoms with Crippen LogP contribution in [-0.2, 0) is 9.53 Å². The molecule has 10 heavy (non-hydrogen) atoms. The summed E-state index contributed by atoms with van der Waals surface area (Å²) in [5, 5.41) is 0. The van der Waals surface area contributed by atoms with E-state index in [1.807, 2.05) is 0 Å². The molecule has 0 unspecified atom stereocenters. The molecule has 0 aromatic carbocycles. The minimum atomic E-state index is -0.359. The van der Waals surface area contributed by atoms with Gasteiger partial charge in [-0.3, -0.25) is 0 Å². The first-order valence-electron chi connectivity index (χ1n) is 2.10. The number of ether oxygens (including phenoxy) is 1. The molecule has 0 saturated carbocycles. The van der Waals surface area contributed by atoms with Gasteiger partial charge in [-0.25, -0.2) is 4.79 Å². The smallest absolute Gasteiger partial charge is 0.330 e. The first-order valence-corrected chi connectivity index (χ1v) is 2.10. The first kappa shape index (κ1) is 22.9. The van der Waals surface area contributed by atoms with Gasteiger partial charge in [-0.1, -0.05) is 28.9 Å². The maximum absolute atomic E-state index is 10.1. The molecular weight excluding hydrogens is 128 g/mol. The zero-order valence-electron chi connectivity index (χ0n) is 4.31. The summed E-state index contributed by atoms with van der Waals surface area (Å²) in [4.78, 5) is 10.1. The molecule has 2 heteroatoms. The Balaban J connectivity index is -0.0000000600. The third-order valence-corrected chi connectivity index (χ3v) is 0.453. The molecule has 64 valence electrons.